The van der Waals surface area contributed by atoms with Gasteiger partial charge in [-0.25, -0.2) is 0 Å². The molecule has 2 rings (SSSR count). The Bertz CT molecular complexity index is 732. The van der Waals surface area contributed by atoms with Crippen molar-refractivity contribution in [2.24, 2.45) is 0 Å². The van der Waals surface area contributed by atoms with E-state index in [-0.39, 0.29) is 5.78 Å². The molecular weight excluding hydrogens is 420 g/mol. The number of ketones is 1. The van der Waals surface area contributed by atoms with E-state index in [1.807, 2.05) is 19.1 Å². The summed E-state index contributed by atoms with van der Waals surface area (Å²) in [5, 5.41) is 10.1. The van der Waals surface area contributed by atoms with Crippen LogP contribution in [0.3, 0.4) is 0 Å². The first-order chi connectivity index (χ1) is 9.97. The summed E-state index contributed by atoms with van der Waals surface area (Å²) in [6.07, 6.45) is 0. The van der Waals surface area contributed by atoms with E-state index in [4.69, 9.17) is 23.2 Å². The highest BCUT2D eigenvalue weighted by atomic mass is 127. The Morgan fingerprint density at radius 2 is 1.76 bits per heavy atom. The molecule has 5 heteroatoms. The maximum absolute atomic E-state index is 12.7. The van der Waals surface area contributed by atoms with Crippen molar-refractivity contribution in [2.45, 2.75) is 12.8 Å². The van der Waals surface area contributed by atoms with Gasteiger partial charge < -0.3 is 0 Å². The lowest BCUT2D eigenvalue weighted by Gasteiger charge is -2.14. The molecule has 0 aliphatic heterocycles. The van der Waals surface area contributed by atoms with Crippen LogP contribution in [0.4, 0.5) is 0 Å². The highest BCUT2D eigenvalue weighted by molar-refractivity contribution is 14.1. The van der Waals surface area contributed by atoms with Gasteiger partial charge in [0.25, 0.3) is 0 Å². The molecule has 0 saturated heterocycles. The number of Topliss-reactive ketones (excluding diaryl/α,β-unsaturated/α-hetero) is 1. The summed E-state index contributed by atoms with van der Waals surface area (Å²) in [6, 6.07) is 12.4. The zero-order valence-corrected chi connectivity index (χ0v) is 14.7. The van der Waals surface area contributed by atoms with E-state index in [1.54, 1.807) is 30.3 Å². The van der Waals surface area contributed by atoms with Crippen LogP contribution in [-0.4, -0.2) is 5.78 Å². The number of benzene rings is 2. The van der Waals surface area contributed by atoms with E-state index in [0.29, 0.717) is 21.2 Å². The van der Waals surface area contributed by atoms with E-state index >= 15 is 0 Å². The minimum Gasteiger partial charge on any atom is -0.292 e. The molecule has 1 unspecified atom stereocenters. The lowest BCUT2D eigenvalue weighted by Crippen LogP contribution is -2.14. The molecule has 0 saturated carbocycles. The summed E-state index contributed by atoms with van der Waals surface area (Å²) in [4.78, 5) is 12.7. The predicted octanol–water partition coefficient (Wildman–Crippen LogP) is 5.40. The fourth-order valence-electron chi connectivity index (χ4n) is 2.03. The third-order valence-electron chi connectivity index (χ3n) is 3.14. The number of halogens is 3. The van der Waals surface area contributed by atoms with Crippen molar-refractivity contribution >= 4 is 51.6 Å². The van der Waals surface area contributed by atoms with Crippen LogP contribution in [0.15, 0.2) is 36.4 Å². The second-order valence-corrected chi connectivity index (χ2v) is 6.39. The van der Waals surface area contributed by atoms with Gasteiger partial charge in [0.1, 0.15) is 5.92 Å². The van der Waals surface area contributed by atoms with Gasteiger partial charge in [0, 0.05) is 24.7 Å². The summed E-state index contributed by atoms with van der Waals surface area (Å²) >= 11 is 14.3. The number of nitrogens with zero attached hydrogens (tertiary/aromatic N) is 1. The van der Waals surface area contributed by atoms with Crippen LogP contribution in [-0.2, 0) is 0 Å². The van der Waals surface area contributed by atoms with Crippen molar-refractivity contribution in [2.75, 3.05) is 0 Å². The van der Waals surface area contributed by atoms with Crippen LogP contribution in [0.2, 0.25) is 10.0 Å². The van der Waals surface area contributed by atoms with E-state index < -0.39 is 5.92 Å². The number of aryl methyl sites for hydroxylation is 1. The van der Waals surface area contributed by atoms with Gasteiger partial charge >= 0.3 is 0 Å². The molecular formula is C16H10Cl2INO. The van der Waals surface area contributed by atoms with Crippen LogP contribution in [0.1, 0.15) is 27.4 Å². The van der Waals surface area contributed by atoms with E-state index in [2.05, 4.69) is 22.6 Å². The van der Waals surface area contributed by atoms with Crippen molar-refractivity contribution in [1.82, 2.24) is 0 Å². The van der Waals surface area contributed by atoms with Crippen LogP contribution in [0.25, 0.3) is 0 Å². The highest BCUT2D eigenvalue weighted by Gasteiger charge is 2.27. The molecule has 0 N–H and O–H groups in total. The molecule has 0 aromatic heterocycles. The molecule has 0 heterocycles. The molecule has 2 aromatic rings. The monoisotopic (exact) mass is 429 g/mol. The van der Waals surface area contributed by atoms with Crippen molar-refractivity contribution < 1.29 is 4.79 Å². The minimum atomic E-state index is -1.01. The van der Waals surface area contributed by atoms with Crippen LogP contribution >= 0.6 is 45.8 Å². The maximum Gasteiger partial charge on any atom is 0.185 e. The summed E-state index contributed by atoms with van der Waals surface area (Å²) in [7, 11) is 0. The number of nitriles is 1. The minimum absolute atomic E-state index is 0.291. The molecule has 106 valence electrons. The summed E-state index contributed by atoms with van der Waals surface area (Å²) in [5.74, 6) is -1.30. The smallest absolute Gasteiger partial charge is 0.185 e. The average Bonchev–Trinajstić information content (AvgIpc) is 2.45. The molecule has 1 atom stereocenters. The lowest BCUT2D eigenvalue weighted by atomic mass is 9.91. The van der Waals surface area contributed by atoms with Crippen LogP contribution in [0, 0.1) is 21.8 Å². The van der Waals surface area contributed by atoms with Crippen LogP contribution < -0.4 is 0 Å². The Labute approximate surface area is 146 Å². The molecule has 0 aliphatic carbocycles. The summed E-state index contributed by atoms with van der Waals surface area (Å²) < 4.78 is 0.837. The predicted molar refractivity (Wildman–Crippen MR) is 93.0 cm³/mol. The topological polar surface area (TPSA) is 40.9 Å². The first kappa shape index (κ1) is 16.3. The Morgan fingerprint density at radius 1 is 1.19 bits per heavy atom. The molecule has 0 spiro atoms. The zero-order chi connectivity index (χ0) is 15.6. The standard InChI is InChI=1S/C16H10Cl2INO/c1-9-4-2-5-10(15(9)19)16(21)11(8-20)14-12(17)6-3-7-13(14)18/h2-7,11H,1H3. The zero-order valence-electron chi connectivity index (χ0n) is 11.0. The SMILES string of the molecule is Cc1cccc(C(=O)C(C#N)c2c(Cl)cccc2Cl)c1I. The Hall–Kier alpha value is -1.09. The Kier molecular flexibility index (Phi) is 5.26. The van der Waals surface area contributed by atoms with Gasteiger partial charge in [-0.15, -0.1) is 0 Å². The van der Waals surface area contributed by atoms with Gasteiger partial charge in [0.2, 0.25) is 0 Å². The summed E-state index contributed by atoms with van der Waals surface area (Å²) in [6.45, 7) is 1.92. The largest absolute Gasteiger partial charge is 0.292 e. The van der Waals surface area contributed by atoms with E-state index in [9.17, 15) is 10.1 Å². The number of rotatable bonds is 3. The van der Waals surface area contributed by atoms with Crippen molar-refractivity contribution in [3.8, 4) is 6.07 Å². The Morgan fingerprint density at radius 3 is 2.33 bits per heavy atom. The molecule has 0 amide bonds. The molecule has 0 aliphatic rings. The third kappa shape index (κ3) is 3.23. The molecule has 2 aromatic carbocycles. The highest BCUT2D eigenvalue weighted by Crippen LogP contribution is 2.34. The fourth-order valence-corrected chi connectivity index (χ4v) is 3.28. The number of carbonyl (C=O) groups is 1. The molecule has 0 fully saturated rings. The fraction of sp³-hybridized carbons (Fsp3) is 0.125. The number of hydrogen-bond acceptors (Lipinski definition) is 2. The molecule has 0 radical (unpaired) electrons. The van der Waals surface area contributed by atoms with Crippen molar-refractivity contribution in [3.63, 3.8) is 0 Å². The van der Waals surface area contributed by atoms with E-state index in [0.717, 1.165) is 9.13 Å². The van der Waals surface area contributed by atoms with Crippen molar-refractivity contribution in [1.29, 1.82) is 5.26 Å². The molecule has 2 nitrogen and oxygen atoms in total. The van der Waals surface area contributed by atoms with E-state index in [1.165, 1.54) is 0 Å². The first-order valence-corrected chi connectivity index (χ1v) is 7.93. The van der Waals surface area contributed by atoms with Gasteiger partial charge in [-0.3, -0.25) is 4.79 Å². The van der Waals surface area contributed by atoms with Gasteiger partial charge in [-0.2, -0.15) is 5.26 Å². The molecule has 21 heavy (non-hydrogen) atoms. The van der Waals surface area contributed by atoms with Crippen LogP contribution in [0.5, 0.6) is 0 Å². The second-order valence-electron chi connectivity index (χ2n) is 4.50. The summed E-state index contributed by atoms with van der Waals surface area (Å²) in [5.41, 5.74) is 1.87. The number of hydrogen-bond donors (Lipinski definition) is 0. The Balaban J connectivity index is 2.55. The number of carbonyl (C=O) groups excluding carboxylic acids is 1. The van der Waals surface area contributed by atoms with Gasteiger partial charge in [-0.1, -0.05) is 47.5 Å². The van der Waals surface area contributed by atoms with Gasteiger partial charge in [0.05, 0.1) is 6.07 Å². The quantitative estimate of drug-likeness (QED) is 0.484. The normalized spacial score (nSPS) is 11.8. The average molecular weight is 430 g/mol. The van der Waals surface area contributed by atoms with Gasteiger partial charge in [0.15, 0.2) is 5.78 Å². The third-order valence-corrected chi connectivity index (χ3v) is 5.23. The second kappa shape index (κ2) is 6.78. The van der Waals surface area contributed by atoms with Gasteiger partial charge in [-0.05, 0) is 47.2 Å². The molecule has 0 bridgehead atoms. The lowest BCUT2D eigenvalue weighted by molar-refractivity contribution is 0.0978. The first-order valence-electron chi connectivity index (χ1n) is 6.10. The van der Waals surface area contributed by atoms with Crippen molar-refractivity contribution in [3.05, 3.63) is 66.7 Å². The maximum atomic E-state index is 12.7.